The van der Waals surface area contributed by atoms with Crippen molar-refractivity contribution in [1.82, 2.24) is 19.9 Å². The van der Waals surface area contributed by atoms with Crippen molar-refractivity contribution in [2.24, 2.45) is 0 Å². The summed E-state index contributed by atoms with van der Waals surface area (Å²) in [7, 11) is 0. The summed E-state index contributed by atoms with van der Waals surface area (Å²) in [5.74, 6) is -1.41. The van der Waals surface area contributed by atoms with Crippen LogP contribution in [0.25, 0.3) is 0 Å². The summed E-state index contributed by atoms with van der Waals surface area (Å²) in [6.07, 6.45) is -1.80. The number of hydrogen-bond acceptors (Lipinski definition) is 6. The molecule has 12 heteroatoms. The van der Waals surface area contributed by atoms with Crippen molar-refractivity contribution >= 4 is 39.9 Å². The zero-order valence-electron chi connectivity index (χ0n) is 15.5. The lowest BCUT2D eigenvalue weighted by atomic mass is 10.1. The lowest BCUT2D eigenvalue weighted by molar-refractivity contribution is -0.137. The van der Waals surface area contributed by atoms with Crippen LogP contribution in [0.4, 0.5) is 18.2 Å². The van der Waals surface area contributed by atoms with Crippen molar-refractivity contribution in [3.05, 3.63) is 69.6 Å². The minimum atomic E-state index is -4.64. The largest absolute Gasteiger partial charge is 0.417 e. The van der Waals surface area contributed by atoms with Crippen LogP contribution < -0.4 is 10.6 Å². The average Bonchev–Trinajstić information content (AvgIpc) is 3.33. The smallest absolute Gasteiger partial charge is 0.347 e. The average molecular weight is 468 g/mol. The topological polar surface area (TPSA) is 96.9 Å². The van der Waals surface area contributed by atoms with Crippen molar-refractivity contribution in [1.29, 1.82) is 0 Å². The number of hydrogen-bond donors (Lipinski definition) is 2. The maximum absolute atomic E-state index is 12.8. The molecule has 1 aliphatic carbocycles. The van der Waals surface area contributed by atoms with Crippen molar-refractivity contribution in [3.8, 4) is 0 Å². The standard InChI is InChI=1S/C19H13ClF3N5O2S/c20-13-2-1-9-5-14(6-10(9)4-13)25-17(30)15-18(31-28-27-15)26-16(29)11-3-12(8-24-7-11)19(21,22)23/h1-4,7-8,14H,5-6H2,(H,25,30)(H,26,29)/t14-/m1/s1. The van der Waals surface area contributed by atoms with E-state index in [9.17, 15) is 22.8 Å². The second-order valence-corrected chi connectivity index (χ2v) is 8.05. The van der Waals surface area contributed by atoms with Gasteiger partial charge in [0.2, 0.25) is 0 Å². The Morgan fingerprint density at radius 3 is 2.65 bits per heavy atom. The third kappa shape index (κ3) is 4.67. The number of fused-ring (bicyclic) bond motifs is 1. The highest BCUT2D eigenvalue weighted by Gasteiger charge is 2.32. The second-order valence-electron chi connectivity index (χ2n) is 6.86. The van der Waals surface area contributed by atoms with Crippen molar-refractivity contribution in [3.63, 3.8) is 0 Å². The van der Waals surface area contributed by atoms with Gasteiger partial charge in [-0.15, -0.1) is 5.10 Å². The molecular weight excluding hydrogens is 455 g/mol. The molecule has 4 rings (SSSR count). The fourth-order valence-corrected chi connectivity index (χ4v) is 4.02. The van der Waals surface area contributed by atoms with Crippen LogP contribution in [0, 0.1) is 0 Å². The maximum Gasteiger partial charge on any atom is 0.417 e. The summed E-state index contributed by atoms with van der Waals surface area (Å²) < 4.78 is 42.2. The van der Waals surface area contributed by atoms with E-state index in [1.807, 2.05) is 12.1 Å². The number of nitrogens with one attached hydrogen (secondary N) is 2. The lowest BCUT2D eigenvalue weighted by Gasteiger charge is -2.11. The van der Waals surface area contributed by atoms with E-state index in [1.54, 1.807) is 6.07 Å². The molecule has 7 nitrogen and oxygen atoms in total. The Balaban J connectivity index is 1.44. The molecule has 0 spiro atoms. The van der Waals surface area contributed by atoms with E-state index in [2.05, 4.69) is 25.2 Å². The zero-order valence-corrected chi connectivity index (χ0v) is 17.1. The Morgan fingerprint density at radius 2 is 1.87 bits per heavy atom. The van der Waals surface area contributed by atoms with Crippen LogP contribution in [0.5, 0.6) is 0 Å². The molecule has 3 aromatic rings. The SMILES string of the molecule is O=C(Nc1snnc1C(=O)N[C@@H]1Cc2ccc(Cl)cc2C1)c1cncc(C(F)(F)F)c1. The first-order chi connectivity index (χ1) is 14.7. The van der Waals surface area contributed by atoms with Gasteiger partial charge in [0.25, 0.3) is 11.8 Å². The molecule has 0 saturated heterocycles. The van der Waals surface area contributed by atoms with E-state index >= 15 is 0 Å². The van der Waals surface area contributed by atoms with Gasteiger partial charge < -0.3 is 10.6 Å². The lowest BCUT2D eigenvalue weighted by Crippen LogP contribution is -2.36. The predicted molar refractivity (Wildman–Crippen MR) is 107 cm³/mol. The molecule has 0 bridgehead atoms. The van der Waals surface area contributed by atoms with Crippen LogP contribution in [0.15, 0.2) is 36.7 Å². The van der Waals surface area contributed by atoms with E-state index in [4.69, 9.17) is 11.6 Å². The minimum Gasteiger partial charge on any atom is -0.347 e. The molecule has 1 atom stereocenters. The fraction of sp³-hybridized carbons (Fsp3) is 0.211. The van der Waals surface area contributed by atoms with Gasteiger partial charge in [-0.1, -0.05) is 22.2 Å². The highest BCUT2D eigenvalue weighted by atomic mass is 35.5. The van der Waals surface area contributed by atoms with Crippen molar-refractivity contribution in [2.75, 3.05) is 5.32 Å². The van der Waals surface area contributed by atoms with Gasteiger partial charge in [0.05, 0.1) is 11.1 Å². The number of carbonyl (C=O) groups is 2. The summed E-state index contributed by atoms with van der Waals surface area (Å²) in [5, 5.41) is 9.62. The third-order valence-electron chi connectivity index (χ3n) is 4.69. The van der Waals surface area contributed by atoms with Crippen molar-refractivity contribution in [2.45, 2.75) is 25.1 Å². The normalized spacial score (nSPS) is 15.4. The molecule has 1 aliphatic rings. The quantitative estimate of drug-likeness (QED) is 0.609. The number of halogens is 4. The van der Waals surface area contributed by atoms with Gasteiger partial charge in [-0.05, 0) is 42.2 Å². The summed E-state index contributed by atoms with van der Waals surface area (Å²) in [4.78, 5) is 28.5. The van der Waals surface area contributed by atoms with Gasteiger partial charge in [0.15, 0.2) is 5.69 Å². The number of anilines is 1. The second kappa shape index (κ2) is 8.23. The molecule has 2 aromatic heterocycles. The third-order valence-corrected chi connectivity index (χ3v) is 5.57. The molecule has 0 aliphatic heterocycles. The summed E-state index contributed by atoms with van der Waals surface area (Å²) in [5.41, 5.74) is 0.642. The van der Waals surface area contributed by atoms with Crippen molar-refractivity contribution < 1.29 is 22.8 Å². The number of nitrogens with zero attached hydrogens (tertiary/aromatic N) is 3. The molecule has 31 heavy (non-hydrogen) atoms. The Morgan fingerprint density at radius 1 is 1.10 bits per heavy atom. The monoisotopic (exact) mass is 467 g/mol. The molecule has 2 heterocycles. The van der Waals surface area contributed by atoms with Crippen LogP contribution in [-0.2, 0) is 19.0 Å². The number of aromatic nitrogens is 3. The number of pyridine rings is 1. The van der Waals surface area contributed by atoms with E-state index in [1.165, 1.54) is 0 Å². The molecule has 0 unspecified atom stereocenters. The molecule has 2 N–H and O–H groups in total. The van der Waals surface area contributed by atoms with E-state index in [0.29, 0.717) is 30.1 Å². The van der Waals surface area contributed by atoms with E-state index in [-0.39, 0.29) is 22.3 Å². The number of carbonyl (C=O) groups excluding carboxylic acids is 2. The minimum absolute atomic E-state index is 0.0264. The first-order valence-corrected chi connectivity index (χ1v) is 10.1. The van der Waals surface area contributed by atoms with Crippen LogP contribution in [-0.4, -0.2) is 32.4 Å². The molecule has 2 amide bonds. The van der Waals surface area contributed by atoms with E-state index in [0.717, 1.165) is 28.9 Å². The van der Waals surface area contributed by atoms with E-state index < -0.39 is 23.6 Å². The maximum atomic E-state index is 12.8. The first-order valence-electron chi connectivity index (χ1n) is 8.95. The fourth-order valence-electron chi connectivity index (χ4n) is 3.26. The Hall–Kier alpha value is -3.05. The van der Waals surface area contributed by atoms with Gasteiger partial charge >= 0.3 is 6.18 Å². The highest BCUT2D eigenvalue weighted by Crippen LogP contribution is 2.29. The number of amides is 2. The van der Waals surface area contributed by atoms with Crippen LogP contribution in [0.2, 0.25) is 5.02 Å². The molecule has 0 radical (unpaired) electrons. The van der Waals surface area contributed by atoms with Gasteiger partial charge in [-0.2, -0.15) is 13.2 Å². The number of alkyl halides is 3. The Bertz CT molecular complexity index is 1170. The molecule has 0 fully saturated rings. The molecule has 160 valence electrons. The van der Waals surface area contributed by atoms with Gasteiger partial charge in [0, 0.05) is 35.0 Å². The number of benzene rings is 1. The Labute approximate surface area is 182 Å². The van der Waals surface area contributed by atoms with Gasteiger partial charge in [-0.25, -0.2) is 0 Å². The highest BCUT2D eigenvalue weighted by molar-refractivity contribution is 7.10. The van der Waals surface area contributed by atoms with Crippen LogP contribution in [0.1, 0.15) is 37.5 Å². The predicted octanol–water partition coefficient (Wildman–Crippen LogP) is 3.75. The van der Waals surface area contributed by atoms with Crippen LogP contribution in [0.3, 0.4) is 0 Å². The summed E-state index contributed by atoms with van der Waals surface area (Å²) >= 11 is 6.75. The van der Waals surface area contributed by atoms with Gasteiger partial charge in [-0.3, -0.25) is 14.6 Å². The summed E-state index contributed by atoms with van der Waals surface area (Å²) in [6, 6.07) is 6.03. The zero-order chi connectivity index (χ0) is 22.2. The summed E-state index contributed by atoms with van der Waals surface area (Å²) in [6.45, 7) is 0. The van der Waals surface area contributed by atoms with Gasteiger partial charge in [0.1, 0.15) is 5.00 Å². The Kier molecular flexibility index (Phi) is 5.63. The molecule has 1 aromatic carbocycles. The first kappa shape index (κ1) is 21.2. The number of rotatable bonds is 4. The molecular formula is C19H13ClF3N5O2S. The van der Waals surface area contributed by atoms with Crippen LogP contribution >= 0.6 is 23.1 Å². The molecule has 0 saturated carbocycles.